The van der Waals surface area contributed by atoms with E-state index in [-0.39, 0.29) is 11.3 Å². The molecule has 1 aliphatic rings. The lowest BCUT2D eigenvalue weighted by molar-refractivity contribution is 0.153. The molecule has 0 aliphatic carbocycles. The Balaban J connectivity index is 1.67. The number of piperazine rings is 1. The number of methoxy groups -OCH3 is 1. The monoisotopic (exact) mass is 360 g/mol. The molecule has 6 nitrogen and oxygen atoms in total. The van der Waals surface area contributed by atoms with Crippen LogP contribution in [0.1, 0.15) is 12.0 Å². The van der Waals surface area contributed by atoms with Crippen molar-refractivity contribution in [2.24, 2.45) is 0 Å². The summed E-state index contributed by atoms with van der Waals surface area (Å²) in [5, 5.41) is 4.09. The number of hydrogen-bond donors (Lipinski definition) is 0. The summed E-state index contributed by atoms with van der Waals surface area (Å²) in [6.45, 7) is 5.30. The Labute approximate surface area is 152 Å². The van der Waals surface area contributed by atoms with Crippen molar-refractivity contribution in [2.45, 2.75) is 12.8 Å². The number of ether oxygens (including phenoxy) is 1. The van der Waals surface area contributed by atoms with Crippen LogP contribution in [0.25, 0.3) is 5.69 Å². The molecular weight excluding hydrogens is 335 g/mol. The van der Waals surface area contributed by atoms with Crippen LogP contribution in [-0.4, -0.2) is 66.5 Å². The summed E-state index contributed by atoms with van der Waals surface area (Å²) in [5.41, 5.74) is 0.898. The van der Waals surface area contributed by atoms with Gasteiger partial charge in [-0.1, -0.05) is 0 Å². The molecule has 0 amide bonds. The van der Waals surface area contributed by atoms with Crippen molar-refractivity contribution in [3.05, 3.63) is 52.2 Å². The minimum atomic E-state index is -0.515. The zero-order valence-electron chi connectivity index (χ0n) is 15.3. The van der Waals surface area contributed by atoms with Gasteiger partial charge in [0.15, 0.2) is 11.6 Å². The van der Waals surface area contributed by atoms with Crippen LogP contribution < -0.4 is 10.3 Å². The maximum absolute atomic E-state index is 13.9. The molecule has 26 heavy (non-hydrogen) atoms. The molecule has 1 aromatic carbocycles. The molecule has 3 rings (SSSR count). The molecule has 1 aromatic heterocycles. The molecule has 2 aromatic rings. The third-order valence-electron chi connectivity index (χ3n) is 4.82. The number of benzene rings is 1. The van der Waals surface area contributed by atoms with E-state index in [0.29, 0.717) is 17.7 Å². The lowest BCUT2D eigenvalue weighted by Gasteiger charge is -2.32. The van der Waals surface area contributed by atoms with Crippen molar-refractivity contribution >= 4 is 0 Å². The van der Waals surface area contributed by atoms with Gasteiger partial charge in [0.05, 0.1) is 12.8 Å². The van der Waals surface area contributed by atoms with Gasteiger partial charge in [-0.05, 0) is 44.6 Å². The zero-order chi connectivity index (χ0) is 18.5. The molecule has 1 fully saturated rings. The fourth-order valence-electron chi connectivity index (χ4n) is 3.18. The van der Waals surface area contributed by atoms with Gasteiger partial charge in [-0.3, -0.25) is 4.79 Å². The Bertz CT molecular complexity index is 800. The van der Waals surface area contributed by atoms with Crippen molar-refractivity contribution in [3.8, 4) is 11.4 Å². The molecule has 0 saturated carbocycles. The van der Waals surface area contributed by atoms with E-state index >= 15 is 0 Å². The Morgan fingerprint density at radius 3 is 2.65 bits per heavy atom. The molecule has 0 unspecified atom stereocenters. The fraction of sp³-hybridized carbons (Fsp3) is 0.474. The summed E-state index contributed by atoms with van der Waals surface area (Å²) >= 11 is 0. The van der Waals surface area contributed by atoms with E-state index in [1.54, 1.807) is 18.3 Å². The van der Waals surface area contributed by atoms with Crippen LogP contribution in [0, 0.1) is 5.82 Å². The number of rotatable bonds is 6. The molecule has 2 heterocycles. The second-order valence-corrected chi connectivity index (χ2v) is 6.64. The number of aromatic nitrogens is 2. The van der Waals surface area contributed by atoms with E-state index in [1.807, 2.05) is 0 Å². The second-order valence-electron chi connectivity index (χ2n) is 6.64. The average molecular weight is 360 g/mol. The standard InChI is InChI=1S/C19H25FN4O2/c1-22-10-12-23(13-11-22)9-3-4-15-7-8-21-24(19(15)25)16-5-6-18(26-2)17(20)14-16/h5-8,14H,3-4,9-13H2,1-2H3. The number of nitrogens with zero attached hydrogens (tertiary/aromatic N) is 4. The lowest BCUT2D eigenvalue weighted by atomic mass is 10.1. The van der Waals surface area contributed by atoms with Crippen molar-refractivity contribution in [2.75, 3.05) is 46.9 Å². The second kappa shape index (κ2) is 8.42. The highest BCUT2D eigenvalue weighted by Crippen LogP contribution is 2.19. The van der Waals surface area contributed by atoms with Crippen LogP contribution >= 0.6 is 0 Å². The molecule has 0 radical (unpaired) electrons. The Kier molecular flexibility index (Phi) is 6.00. The average Bonchev–Trinajstić information content (AvgIpc) is 2.64. The van der Waals surface area contributed by atoms with E-state index < -0.39 is 5.82 Å². The highest BCUT2D eigenvalue weighted by atomic mass is 19.1. The maximum Gasteiger partial charge on any atom is 0.274 e. The predicted molar refractivity (Wildman–Crippen MR) is 98.6 cm³/mol. The highest BCUT2D eigenvalue weighted by molar-refractivity contribution is 5.38. The quantitative estimate of drug-likeness (QED) is 0.783. The van der Waals surface area contributed by atoms with Gasteiger partial charge in [0.25, 0.3) is 5.56 Å². The normalized spacial score (nSPS) is 16.0. The lowest BCUT2D eigenvalue weighted by Crippen LogP contribution is -2.44. The van der Waals surface area contributed by atoms with Crippen molar-refractivity contribution in [1.29, 1.82) is 0 Å². The van der Waals surface area contributed by atoms with Crippen molar-refractivity contribution in [1.82, 2.24) is 19.6 Å². The van der Waals surface area contributed by atoms with Crippen LogP contribution in [-0.2, 0) is 6.42 Å². The molecule has 7 heteroatoms. The molecular formula is C19H25FN4O2. The van der Waals surface area contributed by atoms with Crippen LogP contribution in [0.15, 0.2) is 35.3 Å². The first-order chi connectivity index (χ1) is 12.6. The number of aryl methyl sites for hydroxylation is 1. The molecule has 0 spiro atoms. The Hall–Kier alpha value is -2.25. The highest BCUT2D eigenvalue weighted by Gasteiger charge is 2.14. The summed E-state index contributed by atoms with van der Waals surface area (Å²) in [4.78, 5) is 17.4. The summed E-state index contributed by atoms with van der Waals surface area (Å²) in [7, 11) is 3.54. The van der Waals surface area contributed by atoms with Gasteiger partial charge in [-0.2, -0.15) is 9.78 Å². The van der Waals surface area contributed by atoms with Crippen molar-refractivity contribution < 1.29 is 9.13 Å². The van der Waals surface area contributed by atoms with Gasteiger partial charge in [0, 0.05) is 44.0 Å². The van der Waals surface area contributed by atoms with E-state index in [4.69, 9.17) is 4.74 Å². The molecule has 0 N–H and O–H groups in total. The minimum Gasteiger partial charge on any atom is -0.494 e. The van der Waals surface area contributed by atoms with Gasteiger partial charge < -0.3 is 14.5 Å². The van der Waals surface area contributed by atoms with Crippen LogP contribution in [0.4, 0.5) is 4.39 Å². The summed E-state index contributed by atoms with van der Waals surface area (Å²) < 4.78 is 20.1. The molecule has 1 saturated heterocycles. The Morgan fingerprint density at radius 2 is 1.96 bits per heavy atom. The van der Waals surface area contributed by atoms with Gasteiger partial charge in [0.1, 0.15) is 0 Å². The SMILES string of the molecule is COc1ccc(-n2nccc(CCCN3CCN(C)CC3)c2=O)cc1F. The molecule has 0 atom stereocenters. The van der Waals surface area contributed by atoms with Gasteiger partial charge in [-0.15, -0.1) is 0 Å². The van der Waals surface area contributed by atoms with Crippen LogP contribution in [0.3, 0.4) is 0 Å². The Morgan fingerprint density at radius 1 is 1.19 bits per heavy atom. The topological polar surface area (TPSA) is 50.6 Å². The van der Waals surface area contributed by atoms with Crippen LogP contribution in [0.5, 0.6) is 5.75 Å². The van der Waals surface area contributed by atoms with Crippen LogP contribution in [0.2, 0.25) is 0 Å². The van der Waals surface area contributed by atoms with Crippen molar-refractivity contribution in [3.63, 3.8) is 0 Å². The largest absolute Gasteiger partial charge is 0.494 e. The third-order valence-corrected chi connectivity index (χ3v) is 4.82. The summed E-state index contributed by atoms with van der Waals surface area (Å²) in [5.74, 6) is -0.371. The van der Waals surface area contributed by atoms with E-state index in [0.717, 1.165) is 39.1 Å². The van der Waals surface area contributed by atoms with E-state index in [9.17, 15) is 9.18 Å². The first kappa shape index (κ1) is 18.5. The third kappa shape index (κ3) is 4.28. The number of hydrogen-bond acceptors (Lipinski definition) is 5. The van der Waals surface area contributed by atoms with Gasteiger partial charge in [0.2, 0.25) is 0 Å². The molecule has 140 valence electrons. The predicted octanol–water partition coefficient (Wildman–Crippen LogP) is 1.56. The molecule has 0 bridgehead atoms. The minimum absolute atomic E-state index is 0.144. The maximum atomic E-state index is 13.9. The summed E-state index contributed by atoms with van der Waals surface area (Å²) in [6, 6.07) is 6.15. The smallest absolute Gasteiger partial charge is 0.274 e. The first-order valence-corrected chi connectivity index (χ1v) is 8.90. The van der Waals surface area contributed by atoms with E-state index in [2.05, 4.69) is 21.9 Å². The fourth-order valence-corrected chi connectivity index (χ4v) is 3.18. The zero-order valence-corrected chi connectivity index (χ0v) is 15.3. The molecule has 1 aliphatic heterocycles. The van der Waals surface area contributed by atoms with E-state index in [1.165, 1.54) is 23.9 Å². The number of halogens is 1. The first-order valence-electron chi connectivity index (χ1n) is 8.90. The summed E-state index contributed by atoms with van der Waals surface area (Å²) in [6.07, 6.45) is 3.20. The van der Waals surface area contributed by atoms with Gasteiger partial charge >= 0.3 is 0 Å². The number of likely N-dealkylation sites (N-methyl/N-ethyl adjacent to an activating group) is 1. The van der Waals surface area contributed by atoms with Gasteiger partial charge in [-0.25, -0.2) is 4.39 Å².